The normalized spacial score (nSPS) is 13.1. The van der Waals surface area contributed by atoms with Crippen LogP contribution in [0, 0.1) is 0 Å². The van der Waals surface area contributed by atoms with E-state index in [-0.39, 0.29) is 18.4 Å². The van der Waals surface area contributed by atoms with Crippen molar-refractivity contribution >= 4 is 17.5 Å². The fraction of sp³-hybridized carbons (Fsp3) is 0.529. The molecule has 0 aliphatic heterocycles. The van der Waals surface area contributed by atoms with Crippen LogP contribution in [0.1, 0.15) is 33.6 Å². The number of methoxy groups -OCH3 is 1. The van der Waals surface area contributed by atoms with Gasteiger partial charge in [0, 0.05) is 18.3 Å². The SMILES string of the molecule is CCCC(C)(N)C(=O)N(CC)CC(=O)Nc1cccc(OC)c1. The maximum absolute atomic E-state index is 12.5. The number of anilines is 1. The van der Waals surface area contributed by atoms with Crippen LogP contribution < -0.4 is 15.8 Å². The lowest BCUT2D eigenvalue weighted by atomic mass is 9.95. The van der Waals surface area contributed by atoms with E-state index < -0.39 is 5.54 Å². The van der Waals surface area contributed by atoms with E-state index in [0.717, 1.165) is 6.42 Å². The van der Waals surface area contributed by atoms with Crippen LogP contribution in [0.2, 0.25) is 0 Å². The Morgan fingerprint density at radius 3 is 2.61 bits per heavy atom. The fourth-order valence-corrected chi connectivity index (χ4v) is 2.39. The second-order valence-corrected chi connectivity index (χ2v) is 5.77. The highest BCUT2D eigenvalue weighted by molar-refractivity contribution is 5.96. The van der Waals surface area contributed by atoms with E-state index in [1.165, 1.54) is 4.90 Å². The van der Waals surface area contributed by atoms with Gasteiger partial charge in [-0.2, -0.15) is 0 Å². The van der Waals surface area contributed by atoms with Crippen LogP contribution in [0.3, 0.4) is 0 Å². The van der Waals surface area contributed by atoms with E-state index in [1.807, 2.05) is 13.8 Å². The Morgan fingerprint density at radius 1 is 1.35 bits per heavy atom. The van der Waals surface area contributed by atoms with Crippen LogP contribution in [-0.2, 0) is 9.59 Å². The molecule has 6 nitrogen and oxygen atoms in total. The van der Waals surface area contributed by atoms with Crippen molar-refractivity contribution in [3.63, 3.8) is 0 Å². The molecule has 1 aromatic carbocycles. The zero-order valence-corrected chi connectivity index (χ0v) is 14.4. The van der Waals surface area contributed by atoms with E-state index in [0.29, 0.717) is 24.4 Å². The quantitative estimate of drug-likeness (QED) is 0.767. The average molecular weight is 321 g/mol. The lowest BCUT2D eigenvalue weighted by molar-refractivity contribution is -0.139. The fourth-order valence-electron chi connectivity index (χ4n) is 2.39. The maximum atomic E-state index is 12.5. The van der Waals surface area contributed by atoms with E-state index >= 15 is 0 Å². The number of rotatable bonds is 8. The topological polar surface area (TPSA) is 84.7 Å². The molecule has 0 aliphatic rings. The van der Waals surface area contributed by atoms with E-state index in [4.69, 9.17) is 10.5 Å². The summed E-state index contributed by atoms with van der Waals surface area (Å²) in [5.74, 6) is 0.187. The molecule has 0 heterocycles. The molecule has 6 heteroatoms. The number of hydrogen-bond donors (Lipinski definition) is 2. The maximum Gasteiger partial charge on any atom is 0.243 e. The monoisotopic (exact) mass is 321 g/mol. The van der Waals surface area contributed by atoms with Crippen LogP contribution in [0.25, 0.3) is 0 Å². The van der Waals surface area contributed by atoms with Crippen LogP contribution in [0.5, 0.6) is 5.75 Å². The number of hydrogen-bond acceptors (Lipinski definition) is 4. The van der Waals surface area contributed by atoms with Gasteiger partial charge in [-0.1, -0.05) is 19.4 Å². The van der Waals surface area contributed by atoms with E-state index in [2.05, 4.69) is 5.32 Å². The highest BCUT2D eigenvalue weighted by atomic mass is 16.5. The molecule has 3 N–H and O–H groups in total. The molecule has 1 unspecified atom stereocenters. The highest BCUT2D eigenvalue weighted by Crippen LogP contribution is 2.17. The number of nitrogens with two attached hydrogens (primary N) is 1. The predicted octanol–water partition coefficient (Wildman–Crippen LogP) is 2.00. The van der Waals surface area contributed by atoms with Crippen molar-refractivity contribution in [2.45, 2.75) is 39.2 Å². The third-order valence-corrected chi connectivity index (χ3v) is 3.61. The first-order valence-electron chi connectivity index (χ1n) is 7.86. The first kappa shape index (κ1) is 19.0. The summed E-state index contributed by atoms with van der Waals surface area (Å²) < 4.78 is 5.12. The van der Waals surface area contributed by atoms with Crippen LogP contribution >= 0.6 is 0 Å². The summed E-state index contributed by atoms with van der Waals surface area (Å²) in [6, 6.07) is 7.07. The molecule has 1 atom stereocenters. The van der Waals surface area contributed by atoms with E-state index in [1.54, 1.807) is 38.3 Å². The molecule has 2 amide bonds. The minimum Gasteiger partial charge on any atom is -0.497 e. The number of nitrogens with one attached hydrogen (secondary N) is 1. The molecule has 0 saturated carbocycles. The molecule has 0 spiro atoms. The molecule has 128 valence electrons. The summed E-state index contributed by atoms with van der Waals surface area (Å²) in [4.78, 5) is 26.1. The Hall–Kier alpha value is -2.08. The van der Waals surface area contributed by atoms with Crippen molar-refractivity contribution < 1.29 is 14.3 Å². The van der Waals surface area contributed by atoms with Gasteiger partial charge in [0.2, 0.25) is 11.8 Å². The predicted molar refractivity (Wildman–Crippen MR) is 91.4 cm³/mol. The molecule has 0 fully saturated rings. The third-order valence-electron chi connectivity index (χ3n) is 3.61. The Bertz CT molecular complexity index is 544. The van der Waals surface area contributed by atoms with Gasteiger partial charge in [0.1, 0.15) is 5.75 Å². The summed E-state index contributed by atoms with van der Waals surface area (Å²) in [6.45, 7) is 5.92. The lowest BCUT2D eigenvalue weighted by Crippen LogP contribution is -2.54. The summed E-state index contributed by atoms with van der Waals surface area (Å²) >= 11 is 0. The van der Waals surface area contributed by atoms with Gasteiger partial charge < -0.3 is 20.7 Å². The van der Waals surface area contributed by atoms with Gasteiger partial charge in [-0.25, -0.2) is 0 Å². The van der Waals surface area contributed by atoms with Gasteiger partial charge in [-0.15, -0.1) is 0 Å². The Kier molecular flexibility index (Phi) is 7.03. The molecule has 0 saturated heterocycles. The molecule has 0 aromatic heterocycles. The molecule has 1 rings (SSSR count). The summed E-state index contributed by atoms with van der Waals surface area (Å²) in [5, 5.41) is 2.77. The molecule has 1 aromatic rings. The smallest absolute Gasteiger partial charge is 0.243 e. The van der Waals surface area contributed by atoms with Gasteiger partial charge in [0.25, 0.3) is 0 Å². The molecule has 0 aliphatic carbocycles. The number of nitrogens with zero attached hydrogens (tertiary/aromatic N) is 1. The lowest BCUT2D eigenvalue weighted by Gasteiger charge is -2.30. The molecule has 23 heavy (non-hydrogen) atoms. The summed E-state index contributed by atoms with van der Waals surface area (Å²) in [7, 11) is 1.56. The molecular weight excluding hydrogens is 294 g/mol. The van der Waals surface area contributed by atoms with Crippen molar-refractivity contribution in [3.8, 4) is 5.75 Å². The second kappa shape index (κ2) is 8.53. The van der Waals surface area contributed by atoms with Gasteiger partial charge in [0.05, 0.1) is 19.2 Å². The summed E-state index contributed by atoms with van der Waals surface area (Å²) in [5.41, 5.74) is 5.76. The second-order valence-electron chi connectivity index (χ2n) is 5.77. The third kappa shape index (κ3) is 5.56. The van der Waals surface area contributed by atoms with Crippen molar-refractivity contribution in [3.05, 3.63) is 24.3 Å². The minimum atomic E-state index is -0.943. The van der Waals surface area contributed by atoms with Crippen molar-refractivity contribution in [2.24, 2.45) is 5.73 Å². The molecule has 0 bridgehead atoms. The molecule has 0 radical (unpaired) electrons. The zero-order valence-electron chi connectivity index (χ0n) is 14.4. The minimum absolute atomic E-state index is 0.0248. The van der Waals surface area contributed by atoms with Crippen molar-refractivity contribution in [2.75, 3.05) is 25.5 Å². The number of carbonyl (C=O) groups excluding carboxylic acids is 2. The Balaban J connectivity index is 2.71. The average Bonchev–Trinajstić information content (AvgIpc) is 2.52. The van der Waals surface area contributed by atoms with Gasteiger partial charge in [0.15, 0.2) is 0 Å². The highest BCUT2D eigenvalue weighted by Gasteiger charge is 2.31. The molecular formula is C17H27N3O3. The first-order chi connectivity index (χ1) is 10.8. The van der Waals surface area contributed by atoms with Gasteiger partial charge >= 0.3 is 0 Å². The van der Waals surface area contributed by atoms with Crippen LogP contribution in [0.4, 0.5) is 5.69 Å². The van der Waals surface area contributed by atoms with E-state index in [9.17, 15) is 9.59 Å². The van der Waals surface area contributed by atoms with Crippen molar-refractivity contribution in [1.29, 1.82) is 0 Å². The summed E-state index contributed by atoms with van der Waals surface area (Å²) in [6.07, 6.45) is 1.39. The number of carbonyl (C=O) groups is 2. The zero-order chi connectivity index (χ0) is 17.5. The van der Waals surface area contributed by atoms with Crippen LogP contribution in [0.15, 0.2) is 24.3 Å². The van der Waals surface area contributed by atoms with Crippen LogP contribution in [-0.4, -0.2) is 42.5 Å². The standard InChI is InChI=1S/C17H27N3O3/c1-5-10-17(3,18)16(22)20(6-2)12-15(21)19-13-8-7-9-14(11-13)23-4/h7-9,11H,5-6,10,12,18H2,1-4H3,(H,19,21). The Labute approximate surface area is 138 Å². The Morgan fingerprint density at radius 2 is 2.04 bits per heavy atom. The van der Waals surface area contributed by atoms with Crippen molar-refractivity contribution in [1.82, 2.24) is 4.90 Å². The number of likely N-dealkylation sites (N-methyl/N-ethyl adjacent to an activating group) is 1. The number of benzene rings is 1. The van der Waals surface area contributed by atoms with Gasteiger partial charge in [-0.05, 0) is 32.4 Å². The largest absolute Gasteiger partial charge is 0.497 e. The number of ether oxygens (including phenoxy) is 1. The first-order valence-corrected chi connectivity index (χ1v) is 7.86. The van der Waals surface area contributed by atoms with Gasteiger partial charge in [-0.3, -0.25) is 9.59 Å². The number of amides is 2.